The van der Waals surface area contributed by atoms with Gasteiger partial charge in [-0.15, -0.1) is 0 Å². The van der Waals surface area contributed by atoms with Gasteiger partial charge in [-0.1, -0.05) is 29.8 Å². The van der Waals surface area contributed by atoms with Crippen molar-refractivity contribution in [2.24, 2.45) is 0 Å². The van der Waals surface area contributed by atoms with E-state index in [1.807, 2.05) is 31.2 Å². The lowest BCUT2D eigenvalue weighted by Gasteiger charge is -2.09. The van der Waals surface area contributed by atoms with Crippen LogP contribution in [0, 0.1) is 6.92 Å². The Morgan fingerprint density at radius 1 is 1.18 bits per heavy atom. The van der Waals surface area contributed by atoms with Crippen LogP contribution in [0.25, 0.3) is 11.1 Å². The fourth-order valence-electron chi connectivity index (χ4n) is 1.78. The van der Waals surface area contributed by atoms with Crippen molar-refractivity contribution in [1.82, 2.24) is 0 Å². The number of ether oxygens (including phenoxy) is 1. The Balaban J connectivity index is 2.54. The van der Waals surface area contributed by atoms with Gasteiger partial charge < -0.3 is 9.84 Å². The molecule has 0 aliphatic rings. The van der Waals surface area contributed by atoms with Crippen LogP contribution in [0.1, 0.15) is 5.56 Å². The van der Waals surface area contributed by atoms with E-state index in [1.165, 1.54) is 7.11 Å². The van der Waals surface area contributed by atoms with E-state index in [0.717, 1.165) is 21.7 Å². The normalized spacial score (nSPS) is 10.3. The molecule has 0 heterocycles. The van der Waals surface area contributed by atoms with Crippen LogP contribution in [0.5, 0.6) is 11.5 Å². The van der Waals surface area contributed by atoms with E-state index in [9.17, 15) is 5.11 Å². The van der Waals surface area contributed by atoms with Gasteiger partial charge in [-0.05, 0) is 41.8 Å². The second-order valence-electron chi connectivity index (χ2n) is 3.80. The smallest absolute Gasteiger partial charge is 0.160 e. The highest BCUT2D eigenvalue weighted by Crippen LogP contribution is 2.34. The Morgan fingerprint density at radius 3 is 2.59 bits per heavy atom. The Labute approximate surface area is 105 Å². The number of hydrogen-bond acceptors (Lipinski definition) is 2. The zero-order valence-corrected chi connectivity index (χ0v) is 10.5. The second-order valence-corrected chi connectivity index (χ2v) is 4.21. The van der Waals surface area contributed by atoms with Crippen molar-refractivity contribution in [3.63, 3.8) is 0 Å². The summed E-state index contributed by atoms with van der Waals surface area (Å²) in [5, 5.41) is 10.5. The molecule has 0 unspecified atom stereocenters. The lowest BCUT2D eigenvalue weighted by Crippen LogP contribution is -1.87. The molecule has 0 radical (unpaired) electrons. The molecular weight excluding hydrogens is 236 g/mol. The van der Waals surface area contributed by atoms with Crippen molar-refractivity contribution in [3.05, 3.63) is 47.0 Å². The van der Waals surface area contributed by atoms with Gasteiger partial charge in [-0.3, -0.25) is 0 Å². The molecule has 17 heavy (non-hydrogen) atoms. The molecule has 2 aromatic rings. The van der Waals surface area contributed by atoms with Gasteiger partial charge in [0.1, 0.15) is 0 Å². The number of benzene rings is 2. The van der Waals surface area contributed by atoms with Gasteiger partial charge in [-0.25, -0.2) is 0 Å². The Kier molecular flexibility index (Phi) is 3.25. The van der Waals surface area contributed by atoms with Crippen LogP contribution >= 0.6 is 11.6 Å². The summed E-state index contributed by atoms with van der Waals surface area (Å²) in [6, 6.07) is 11.0. The topological polar surface area (TPSA) is 29.5 Å². The van der Waals surface area contributed by atoms with Crippen molar-refractivity contribution in [1.29, 1.82) is 0 Å². The first-order valence-electron chi connectivity index (χ1n) is 5.26. The summed E-state index contributed by atoms with van der Waals surface area (Å²) in [4.78, 5) is 0. The maximum absolute atomic E-state index is 9.75. The number of hydrogen-bond donors (Lipinski definition) is 1. The fraction of sp³-hybridized carbons (Fsp3) is 0.143. The highest BCUT2D eigenvalue weighted by Gasteiger charge is 2.08. The zero-order valence-electron chi connectivity index (χ0n) is 9.70. The number of halogens is 1. The van der Waals surface area contributed by atoms with Gasteiger partial charge >= 0.3 is 0 Å². The SMILES string of the molecule is COc1ccc(-c2cccc(Cl)c2C)cc1O. The monoisotopic (exact) mass is 248 g/mol. The first kappa shape index (κ1) is 11.8. The molecular formula is C14H13ClO2. The number of aromatic hydroxyl groups is 1. The Bertz CT molecular complexity index is 550. The minimum atomic E-state index is 0.129. The average molecular weight is 249 g/mol. The Morgan fingerprint density at radius 2 is 1.94 bits per heavy atom. The predicted octanol–water partition coefficient (Wildman–Crippen LogP) is 4.03. The minimum absolute atomic E-state index is 0.129. The van der Waals surface area contributed by atoms with E-state index >= 15 is 0 Å². The molecule has 88 valence electrons. The third-order valence-electron chi connectivity index (χ3n) is 2.76. The van der Waals surface area contributed by atoms with Crippen LogP contribution in [-0.4, -0.2) is 12.2 Å². The molecule has 3 heteroatoms. The van der Waals surface area contributed by atoms with E-state index in [2.05, 4.69) is 0 Å². The average Bonchev–Trinajstić information content (AvgIpc) is 2.32. The van der Waals surface area contributed by atoms with Gasteiger partial charge in [0.25, 0.3) is 0 Å². The fourth-order valence-corrected chi connectivity index (χ4v) is 1.95. The first-order valence-corrected chi connectivity index (χ1v) is 5.63. The summed E-state index contributed by atoms with van der Waals surface area (Å²) in [5.41, 5.74) is 2.93. The van der Waals surface area contributed by atoms with Crippen LogP contribution in [0.3, 0.4) is 0 Å². The van der Waals surface area contributed by atoms with Gasteiger partial charge in [0.05, 0.1) is 7.11 Å². The van der Waals surface area contributed by atoms with Gasteiger partial charge in [0.2, 0.25) is 0 Å². The molecule has 1 N–H and O–H groups in total. The summed E-state index contributed by atoms with van der Waals surface area (Å²) >= 11 is 6.07. The van der Waals surface area contributed by atoms with Crippen LogP contribution in [0.4, 0.5) is 0 Å². The van der Waals surface area contributed by atoms with E-state index in [1.54, 1.807) is 12.1 Å². The lowest BCUT2D eigenvalue weighted by molar-refractivity contribution is 0.373. The maximum Gasteiger partial charge on any atom is 0.160 e. The molecule has 0 spiro atoms. The molecule has 0 saturated heterocycles. The highest BCUT2D eigenvalue weighted by atomic mass is 35.5. The molecule has 2 rings (SSSR count). The zero-order chi connectivity index (χ0) is 12.4. The van der Waals surface area contributed by atoms with Crippen LogP contribution in [-0.2, 0) is 0 Å². The first-order chi connectivity index (χ1) is 8.13. The second kappa shape index (κ2) is 4.68. The summed E-state index contributed by atoms with van der Waals surface area (Å²) in [5.74, 6) is 0.595. The number of methoxy groups -OCH3 is 1. The largest absolute Gasteiger partial charge is 0.504 e. The molecule has 0 aliphatic heterocycles. The maximum atomic E-state index is 9.75. The molecule has 0 aromatic heterocycles. The van der Waals surface area contributed by atoms with Gasteiger partial charge in [0, 0.05) is 5.02 Å². The van der Waals surface area contributed by atoms with Crippen molar-refractivity contribution in [2.45, 2.75) is 6.92 Å². The summed E-state index contributed by atoms with van der Waals surface area (Å²) < 4.78 is 5.01. The third kappa shape index (κ3) is 2.22. The number of rotatable bonds is 2. The minimum Gasteiger partial charge on any atom is -0.504 e. The summed E-state index contributed by atoms with van der Waals surface area (Å²) in [6.07, 6.45) is 0. The van der Waals surface area contributed by atoms with Gasteiger partial charge in [0.15, 0.2) is 11.5 Å². The van der Waals surface area contributed by atoms with E-state index in [0.29, 0.717) is 5.75 Å². The van der Waals surface area contributed by atoms with Crippen LogP contribution in [0.2, 0.25) is 5.02 Å². The molecule has 2 nitrogen and oxygen atoms in total. The van der Waals surface area contributed by atoms with Crippen molar-refractivity contribution in [2.75, 3.05) is 7.11 Å². The molecule has 0 atom stereocenters. The van der Waals surface area contributed by atoms with E-state index in [4.69, 9.17) is 16.3 Å². The molecule has 0 fully saturated rings. The molecule has 0 amide bonds. The van der Waals surface area contributed by atoms with Crippen LogP contribution < -0.4 is 4.74 Å². The van der Waals surface area contributed by atoms with Crippen molar-refractivity contribution in [3.8, 4) is 22.6 Å². The van der Waals surface area contributed by atoms with Crippen LogP contribution in [0.15, 0.2) is 36.4 Å². The Hall–Kier alpha value is -1.67. The summed E-state index contributed by atoms with van der Waals surface area (Å²) in [7, 11) is 1.53. The third-order valence-corrected chi connectivity index (χ3v) is 3.17. The molecule has 0 bridgehead atoms. The quantitative estimate of drug-likeness (QED) is 0.870. The number of phenolic OH excluding ortho intramolecular Hbond substituents is 1. The lowest BCUT2D eigenvalue weighted by atomic mass is 10.0. The van der Waals surface area contributed by atoms with Gasteiger partial charge in [-0.2, -0.15) is 0 Å². The molecule has 0 saturated carbocycles. The van der Waals surface area contributed by atoms with Crippen molar-refractivity contribution < 1.29 is 9.84 Å². The highest BCUT2D eigenvalue weighted by molar-refractivity contribution is 6.31. The molecule has 0 aliphatic carbocycles. The van der Waals surface area contributed by atoms with Crippen molar-refractivity contribution >= 4 is 11.6 Å². The van der Waals surface area contributed by atoms with E-state index < -0.39 is 0 Å². The summed E-state index contributed by atoms with van der Waals surface area (Å²) in [6.45, 7) is 1.96. The molecule has 2 aromatic carbocycles. The standard InChI is InChI=1S/C14H13ClO2/c1-9-11(4-3-5-12(9)15)10-6-7-14(17-2)13(16)8-10/h3-8,16H,1-2H3. The predicted molar refractivity (Wildman–Crippen MR) is 69.8 cm³/mol. The number of phenols is 1. The van der Waals surface area contributed by atoms with E-state index in [-0.39, 0.29) is 5.75 Å².